The van der Waals surface area contributed by atoms with E-state index in [0.29, 0.717) is 21.5 Å². The van der Waals surface area contributed by atoms with Gasteiger partial charge in [-0.05, 0) is 47.3 Å². The summed E-state index contributed by atoms with van der Waals surface area (Å²) < 4.78 is 17.1. The van der Waals surface area contributed by atoms with Crippen LogP contribution in [-0.4, -0.2) is 32.2 Å². The molecule has 108 valence electrons. The van der Waals surface area contributed by atoms with Crippen molar-refractivity contribution in [2.24, 2.45) is 5.92 Å². The molecular weight excluding hydrogens is 324 g/mol. The number of methoxy groups -OCH3 is 2. The van der Waals surface area contributed by atoms with Crippen LogP contribution in [0.5, 0.6) is 11.5 Å². The van der Waals surface area contributed by atoms with E-state index in [4.69, 9.17) is 14.2 Å². The standard InChI is InChI=1S/C15H17BrO4/c1-18-12-6-4-9(15(19-2)13(12)16)14(17)10-7-8-3-5-11(10)20-8/h4,6,8,10-11H,3,5,7H2,1-2H3. The second-order valence-corrected chi connectivity index (χ2v) is 6.04. The quantitative estimate of drug-likeness (QED) is 0.789. The molecule has 5 heteroatoms. The third kappa shape index (κ3) is 2.13. The number of benzene rings is 1. The van der Waals surface area contributed by atoms with Crippen molar-refractivity contribution in [1.29, 1.82) is 0 Å². The van der Waals surface area contributed by atoms with Crippen molar-refractivity contribution in [3.05, 3.63) is 22.2 Å². The van der Waals surface area contributed by atoms with E-state index in [1.807, 2.05) is 0 Å². The van der Waals surface area contributed by atoms with E-state index in [-0.39, 0.29) is 23.9 Å². The minimum Gasteiger partial charge on any atom is -0.495 e. The Bertz CT molecular complexity index is 543. The number of hydrogen-bond donors (Lipinski definition) is 0. The molecule has 0 amide bonds. The van der Waals surface area contributed by atoms with Gasteiger partial charge in [-0.15, -0.1) is 0 Å². The normalized spacial score (nSPS) is 27.6. The van der Waals surface area contributed by atoms with Crippen LogP contribution in [0.4, 0.5) is 0 Å². The Morgan fingerprint density at radius 3 is 2.65 bits per heavy atom. The van der Waals surface area contributed by atoms with Crippen molar-refractivity contribution in [3.63, 3.8) is 0 Å². The molecule has 2 saturated heterocycles. The second-order valence-electron chi connectivity index (χ2n) is 5.24. The van der Waals surface area contributed by atoms with Gasteiger partial charge in [0.15, 0.2) is 5.78 Å². The fourth-order valence-corrected chi connectivity index (χ4v) is 3.87. The Balaban J connectivity index is 1.93. The number of halogens is 1. The lowest BCUT2D eigenvalue weighted by Gasteiger charge is -2.19. The van der Waals surface area contributed by atoms with Crippen LogP contribution in [0.3, 0.4) is 0 Å². The molecule has 4 nitrogen and oxygen atoms in total. The van der Waals surface area contributed by atoms with Crippen LogP contribution in [0, 0.1) is 5.92 Å². The molecule has 0 aliphatic carbocycles. The highest BCUT2D eigenvalue weighted by molar-refractivity contribution is 9.10. The van der Waals surface area contributed by atoms with Gasteiger partial charge in [-0.25, -0.2) is 0 Å². The second kappa shape index (κ2) is 5.37. The summed E-state index contributed by atoms with van der Waals surface area (Å²) in [6.45, 7) is 0. The molecule has 2 aliphatic heterocycles. The number of hydrogen-bond acceptors (Lipinski definition) is 4. The van der Waals surface area contributed by atoms with Crippen molar-refractivity contribution in [2.45, 2.75) is 31.5 Å². The Morgan fingerprint density at radius 2 is 2.10 bits per heavy atom. The molecule has 1 aromatic carbocycles. The zero-order valence-electron chi connectivity index (χ0n) is 11.5. The first kappa shape index (κ1) is 13.9. The number of ketones is 1. The maximum Gasteiger partial charge on any atom is 0.172 e. The number of Topliss-reactive ketones (excluding diaryl/α,β-unsaturated/α-hetero) is 1. The molecule has 2 aliphatic rings. The van der Waals surface area contributed by atoms with Gasteiger partial charge in [0.2, 0.25) is 0 Å². The molecule has 1 aromatic rings. The lowest BCUT2D eigenvalue weighted by atomic mass is 9.83. The van der Waals surface area contributed by atoms with E-state index >= 15 is 0 Å². The SMILES string of the molecule is COc1ccc(C(=O)C2CC3CCC2O3)c(OC)c1Br. The number of rotatable bonds is 4. The number of ether oxygens (including phenoxy) is 3. The topological polar surface area (TPSA) is 44.8 Å². The fourth-order valence-electron chi connectivity index (χ4n) is 3.20. The van der Waals surface area contributed by atoms with Crippen LogP contribution in [0.2, 0.25) is 0 Å². The summed E-state index contributed by atoms with van der Waals surface area (Å²) in [5.41, 5.74) is 0.598. The number of carbonyl (C=O) groups is 1. The first-order valence-corrected chi connectivity index (χ1v) is 7.55. The van der Waals surface area contributed by atoms with Crippen LogP contribution in [0.25, 0.3) is 0 Å². The van der Waals surface area contributed by atoms with Gasteiger partial charge in [0.25, 0.3) is 0 Å². The van der Waals surface area contributed by atoms with Crippen LogP contribution >= 0.6 is 15.9 Å². The molecule has 2 bridgehead atoms. The van der Waals surface area contributed by atoms with E-state index < -0.39 is 0 Å². The average Bonchev–Trinajstić information content (AvgIpc) is 3.08. The minimum atomic E-state index is -0.0389. The molecule has 20 heavy (non-hydrogen) atoms. The van der Waals surface area contributed by atoms with E-state index in [9.17, 15) is 4.79 Å². The lowest BCUT2D eigenvalue weighted by Crippen LogP contribution is -2.25. The van der Waals surface area contributed by atoms with Gasteiger partial charge in [-0.3, -0.25) is 4.79 Å². The largest absolute Gasteiger partial charge is 0.495 e. The van der Waals surface area contributed by atoms with Gasteiger partial charge >= 0.3 is 0 Å². The maximum atomic E-state index is 12.7. The third-order valence-corrected chi connectivity index (χ3v) is 4.94. The predicted molar refractivity (Wildman–Crippen MR) is 77.6 cm³/mol. The Kier molecular flexibility index (Phi) is 3.73. The molecule has 0 aromatic heterocycles. The highest BCUT2D eigenvalue weighted by atomic mass is 79.9. The van der Waals surface area contributed by atoms with Gasteiger partial charge in [-0.1, -0.05) is 0 Å². The van der Waals surface area contributed by atoms with Crippen LogP contribution in [0.15, 0.2) is 16.6 Å². The lowest BCUT2D eigenvalue weighted by molar-refractivity contribution is 0.0741. The summed E-state index contributed by atoms with van der Waals surface area (Å²) >= 11 is 3.44. The van der Waals surface area contributed by atoms with Gasteiger partial charge < -0.3 is 14.2 Å². The van der Waals surface area contributed by atoms with E-state index in [1.165, 1.54) is 0 Å². The smallest absolute Gasteiger partial charge is 0.172 e. The van der Waals surface area contributed by atoms with Crippen LogP contribution in [-0.2, 0) is 4.74 Å². The fraction of sp³-hybridized carbons (Fsp3) is 0.533. The van der Waals surface area contributed by atoms with Gasteiger partial charge in [0.1, 0.15) is 16.0 Å². The van der Waals surface area contributed by atoms with Crippen LogP contribution in [0.1, 0.15) is 29.6 Å². The third-order valence-electron chi connectivity index (χ3n) is 4.19. The average molecular weight is 341 g/mol. The minimum absolute atomic E-state index is 0.0389. The molecule has 3 atom stereocenters. The van der Waals surface area contributed by atoms with Crippen molar-refractivity contribution < 1.29 is 19.0 Å². The highest BCUT2D eigenvalue weighted by Crippen LogP contribution is 2.43. The zero-order chi connectivity index (χ0) is 14.3. The highest BCUT2D eigenvalue weighted by Gasteiger charge is 2.45. The van der Waals surface area contributed by atoms with Crippen molar-refractivity contribution in [1.82, 2.24) is 0 Å². The van der Waals surface area contributed by atoms with E-state index in [1.54, 1.807) is 26.4 Å². The number of fused-ring (bicyclic) bond motifs is 2. The molecule has 0 spiro atoms. The molecule has 0 radical (unpaired) electrons. The van der Waals surface area contributed by atoms with E-state index in [2.05, 4.69) is 15.9 Å². The monoisotopic (exact) mass is 340 g/mol. The van der Waals surface area contributed by atoms with Crippen molar-refractivity contribution >= 4 is 21.7 Å². The van der Waals surface area contributed by atoms with Gasteiger partial charge in [-0.2, -0.15) is 0 Å². The molecule has 0 N–H and O–H groups in total. The first-order valence-electron chi connectivity index (χ1n) is 6.75. The van der Waals surface area contributed by atoms with Gasteiger partial charge in [0.05, 0.1) is 37.9 Å². The molecular formula is C15H17BrO4. The van der Waals surface area contributed by atoms with Crippen LogP contribution < -0.4 is 9.47 Å². The Morgan fingerprint density at radius 1 is 1.30 bits per heavy atom. The summed E-state index contributed by atoms with van der Waals surface area (Å²) in [5, 5.41) is 0. The number of carbonyl (C=O) groups excluding carboxylic acids is 1. The molecule has 2 fully saturated rings. The molecule has 0 saturated carbocycles. The summed E-state index contributed by atoms with van der Waals surface area (Å²) in [7, 11) is 3.15. The summed E-state index contributed by atoms with van der Waals surface area (Å²) in [6, 6.07) is 3.56. The Hall–Kier alpha value is -1.07. The van der Waals surface area contributed by atoms with Crippen molar-refractivity contribution in [3.8, 4) is 11.5 Å². The molecule has 3 unspecified atom stereocenters. The Labute approximate surface area is 126 Å². The maximum absolute atomic E-state index is 12.7. The molecule has 2 heterocycles. The molecule has 3 rings (SSSR count). The van der Waals surface area contributed by atoms with Gasteiger partial charge in [0, 0.05) is 0 Å². The first-order chi connectivity index (χ1) is 9.65. The predicted octanol–water partition coefficient (Wildman–Crippen LogP) is 3.22. The summed E-state index contributed by atoms with van der Waals surface area (Å²) in [5.74, 6) is 1.26. The van der Waals surface area contributed by atoms with E-state index in [0.717, 1.165) is 19.3 Å². The zero-order valence-corrected chi connectivity index (χ0v) is 13.1. The summed E-state index contributed by atoms with van der Waals surface area (Å²) in [6.07, 6.45) is 3.24. The summed E-state index contributed by atoms with van der Waals surface area (Å²) in [4.78, 5) is 12.7. The van der Waals surface area contributed by atoms with Crippen molar-refractivity contribution in [2.75, 3.05) is 14.2 Å².